The molecule has 27 heavy (non-hydrogen) atoms. The Morgan fingerprint density at radius 3 is 2.48 bits per heavy atom. The molecule has 1 fully saturated rings. The molecule has 0 bridgehead atoms. The van der Waals surface area contributed by atoms with Crippen molar-refractivity contribution in [3.8, 4) is 11.5 Å². The van der Waals surface area contributed by atoms with Gasteiger partial charge in [0.25, 0.3) is 0 Å². The molecule has 2 rings (SSSR count). The van der Waals surface area contributed by atoms with Gasteiger partial charge in [0.2, 0.25) is 0 Å². The van der Waals surface area contributed by atoms with Gasteiger partial charge in [-0.05, 0) is 38.0 Å². The lowest BCUT2D eigenvalue weighted by molar-refractivity contribution is 0.0389. The Morgan fingerprint density at radius 2 is 1.78 bits per heavy atom. The topological polar surface area (TPSA) is 67.4 Å². The van der Waals surface area contributed by atoms with Crippen LogP contribution >= 0.6 is 0 Å². The summed E-state index contributed by atoms with van der Waals surface area (Å²) in [5, 5.41) is 6.74. The molecule has 0 aliphatic carbocycles. The molecule has 0 atom stereocenters. The second kappa shape index (κ2) is 12.4. The van der Waals surface area contributed by atoms with Gasteiger partial charge in [0.05, 0.1) is 26.4 Å². The third-order valence-electron chi connectivity index (χ3n) is 4.36. The fourth-order valence-electron chi connectivity index (χ4n) is 2.95. The Balaban J connectivity index is 1.73. The first-order valence-corrected chi connectivity index (χ1v) is 9.90. The summed E-state index contributed by atoms with van der Waals surface area (Å²) in [6.07, 6.45) is 0.886. The molecule has 0 unspecified atom stereocenters. The van der Waals surface area contributed by atoms with E-state index in [0.717, 1.165) is 69.8 Å². The van der Waals surface area contributed by atoms with Gasteiger partial charge >= 0.3 is 0 Å². The molecular formula is C20H34N4O3. The van der Waals surface area contributed by atoms with E-state index in [-0.39, 0.29) is 0 Å². The molecule has 7 nitrogen and oxygen atoms in total. The van der Waals surface area contributed by atoms with Crippen molar-refractivity contribution < 1.29 is 14.2 Å². The zero-order valence-corrected chi connectivity index (χ0v) is 16.9. The summed E-state index contributed by atoms with van der Waals surface area (Å²) < 4.78 is 16.7. The van der Waals surface area contributed by atoms with Crippen LogP contribution in [0.4, 0.5) is 0 Å². The zero-order valence-electron chi connectivity index (χ0n) is 16.9. The van der Waals surface area contributed by atoms with Crippen LogP contribution in [0.1, 0.15) is 19.4 Å². The van der Waals surface area contributed by atoms with Crippen LogP contribution in [0, 0.1) is 0 Å². The standard InChI is InChI=1S/C20H34N4O3/c1-4-26-18-7-6-17(16-19(18)27-5-2)8-9-22-20(21-3)23-10-11-24-12-14-25-15-13-24/h6-7,16H,4-5,8-15H2,1-3H3,(H2,21,22,23). The summed E-state index contributed by atoms with van der Waals surface area (Å²) in [7, 11) is 1.80. The van der Waals surface area contributed by atoms with Crippen LogP contribution in [-0.2, 0) is 11.2 Å². The van der Waals surface area contributed by atoms with Crippen LogP contribution in [0.5, 0.6) is 11.5 Å². The molecule has 1 heterocycles. The van der Waals surface area contributed by atoms with Crippen LogP contribution in [0.15, 0.2) is 23.2 Å². The highest BCUT2D eigenvalue weighted by atomic mass is 16.5. The van der Waals surface area contributed by atoms with Gasteiger partial charge in [-0.2, -0.15) is 0 Å². The third kappa shape index (κ3) is 7.64. The molecule has 1 aromatic rings. The number of morpholine rings is 1. The van der Waals surface area contributed by atoms with E-state index in [4.69, 9.17) is 14.2 Å². The number of nitrogens with one attached hydrogen (secondary N) is 2. The molecule has 1 saturated heterocycles. The summed E-state index contributed by atoms with van der Waals surface area (Å²) in [5.41, 5.74) is 1.21. The van der Waals surface area contributed by atoms with E-state index in [9.17, 15) is 0 Å². The van der Waals surface area contributed by atoms with Crippen molar-refractivity contribution >= 4 is 5.96 Å². The van der Waals surface area contributed by atoms with Gasteiger partial charge in [0, 0.05) is 39.8 Å². The van der Waals surface area contributed by atoms with Gasteiger partial charge in [0.15, 0.2) is 17.5 Å². The number of ether oxygens (including phenoxy) is 3. The molecule has 0 saturated carbocycles. The number of rotatable bonds is 10. The Hall–Kier alpha value is -1.99. The number of aliphatic imine (C=N–C) groups is 1. The van der Waals surface area contributed by atoms with Gasteiger partial charge in [-0.25, -0.2) is 0 Å². The minimum Gasteiger partial charge on any atom is -0.490 e. The lowest BCUT2D eigenvalue weighted by Gasteiger charge is -2.26. The minimum absolute atomic E-state index is 0.626. The van der Waals surface area contributed by atoms with Gasteiger partial charge in [-0.1, -0.05) is 6.07 Å². The van der Waals surface area contributed by atoms with E-state index in [1.807, 2.05) is 19.9 Å². The summed E-state index contributed by atoms with van der Waals surface area (Å²) in [5.74, 6) is 2.45. The average molecular weight is 379 g/mol. The van der Waals surface area contributed by atoms with Crippen molar-refractivity contribution in [1.29, 1.82) is 0 Å². The summed E-state index contributed by atoms with van der Waals surface area (Å²) in [4.78, 5) is 6.70. The minimum atomic E-state index is 0.626. The lowest BCUT2D eigenvalue weighted by Crippen LogP contribution is -2.44. The molecule has 1 aromatic carbocycles. The summed E-state index contributed by atoms with van der Waals surface area (Å²) >= 11 is 0. The van der Waals surface area contributed by atoms with Crippen LogP contribution in [0.25, 0.3) is 0 Å². The molecule has 0 amide bonds. The average Bonchev–Trinajstić information content (AvgIpc) is 2.70. The van der Waals surface area contributed by atoms with Crippen molar-refractivity contribution in [3.05, 3.63) is 23.8 Å². The first-order valence-electron chi connectivity index (χ1n) is 9.90. The summed E-state index contributed by atoms with van der Waals surface area (Å²) in [6.45, 7) is 11.6. The first-order chi connectivity index (χ1) is 13.3. The highest BCUT2D eigenvalue weighted by molar-refractivity contribution is 5.79. The van der Waals surface area contributed by atoms with Gasteiger partial charge in [0.1, 0.15) is 0 Å². The van der Waals surface area contributed by atoms with Crippen molar-refractivity contribution in [2.45, 2.75) is 20.3 Å². The molecule has 7 heteroatoms. The van der Waals surface area contributed by atoms with E-state index in [0.29, 0.717) is 13.2 Å². The Morgan fingerprint density at radius 1 is 1.07 bits per heavy atom. The van der Waals surface area contributed by atoms with E-state index >= 15 is 0 Å². The highest BCUT2D eigenvalue weighted by Gasteiger charge is 2.10. The van der Waals surface area contributed by atoms with E-state index in [2.05, 4.69) is 32.7 Å². The quantitative estimate of drug-likeness (QED) is 0.475. The van der Waals surface area contributed by atoms with Crippen molar-refractivity contribution in [3.63, 3.8) is 0 Å². The molecular weight excluding hydrogens is 344 g/mol. The number of hydrogen-bond donors (Lipinski definition) is 2. The second-order valence-electron chi connectivity index (χ2n) is 6.28. The predicted octanol–water partition coefficient (Wildman–Crippen LogP) is 1.52. The van der Waals surface area contributed by atoms with Gasteiger partial charge in [-0.3, -0.25) is 9.89 Å². The van der Waals surface area contributed by atoms with Gasteiger partial charge < -0.3 is 24.8 Å². The number of guanidine groups is 1. The van der Waals surface area contributed by atoms with Crippen molar-refractivity contribution in [1.82, 2.24) is 15.5 Å². The third-order valence-corrected chi connectivity index (χ3v) is 4.36. The van der Waals surface area contributed by atoms with Crippen molar-refractivity contribution in [2.75, 3.05) is 66.2 Å². The monoisotopic (exact) mass is 378 g/mol. The van der Waals surface area contributed by atoms with Crippen LogP contribution in [0.2, 0.25) is 0 Å². The largest absolute Gasteiger partial charge is 0.490 e. The molecule has 0 aromatic heterocycles. The molecule has 0 spiro atoms. The van der Waals surface area contributed by atoms with E-state index in [1.165, 1.54) is 5.56 Å². The van der Waals surface area contributed by atoms with E-state index < -0.39 is 0 Å². The molecule has 2 N–H and O–H groups in total. The van der Waals surface area contributed by atoms with Crippen molar-refractivity contribution in [2.24, 2.45) is 4.99 Å². The maximum atomic E-state index is 5.69. The highest BCUT2D eigenvalue weighted by Crippen LogP contribution is 2.28. The fourth-order valence-corrected chi connectivity index (χ4v) is 2.95. The Kier molecular flexibility index (Phi) is 9.79. The normalized spacial score (nSPS) is 15.4. The maximum absolute atomic E-state index is 5.69. The van der Waals surface area contributed by atoms with Crippen LogP contribution in [0.3, 0.4) is 0 Å². The Labute approximate surface area is 163 Å². The zero-order chi connectivity index (χ0) is 19.3. The maximum Gasteiger partial charge on any atom is 0.191 e. The molecule has 0 radical (unpaired) electrons. The predicted molar refractivity (Wildman–Crippen MR) is 109 cm³/mol. The lowest BCUT2D eigenvalue weighted by atomic mass is 10.1. The van der Waals surface area contributed by atoms with Crippen LogP contribution in [-0.4, -0.2) is 77.1 Å². The fraction of sp³-hybridized carbons (Fsp3) is 0.650. The SMILES string of the molecule is CCOc1ccc(CCNC(=NC)NCCN2CCOCC2)cc1OCC. The van der Waals surface area contributed by atoms with Gasteiger partial charge in [-0.15, -0.1) is 0 Å². The second-order valence-corrected chi connectivity index (χ2v) is 6.28. The molecule has 152 valence electrons. The number of hydrogen-bond acceptors (Lipinski definition) is 5. The molecule has 1 aliphatic heterocycles. The number of nitrogens with zero attached hydrogens (tertiary/aromatic N) is 2. The first kappa shape index (κ1) is 21.3. The number of benzene rings is 1. The summed E-state index contributed by atoms with van der Waals surface area (Å²) in [6, 6.07) is 6.13. The molecule has 1 aliphatic rings. The van der Waals surface area contributed by atoms with E-state index in [1.54, 1.807) is 7.05 Å². The smallest absolute Gasteiger partial charge is 0.191 e. The van der Waals surface area contributed by atoms with Crippen LogP contribution < -0.4 is 20.1 Å². The Bertz CT molecular complexity index is 574.